The molecule has 2 heterocycles. The first-order valence-corrected chi connectivity index (χ1v) is 6.91. The minimum Gasteiger partial charge on any atom is -0.444 e. The number of carbonyl (C=O) groups excluding carboxylic acids is 1. The van der Waals surface area contributed by atoms with Gasteiger partial charge in [-0.25, -0.2) is 4.79 Å². The van der Waals surface area contributed by atoms with E-state index in [-0.39, 0.29) is 19.6 Å². The smallest absolute Gasteiger partial charge is 0.410 e. The van der Waals surface area contributed by atoms with Gasteiger partial charge in [0.25, 0.3) is 0 Å². The Labute approximate surface area is 140 Å². The largest absolute Gasteiger partial charge is 0.444 e. The maximum Gasteiger partial charge on any atom is 0.410 e. The Morgan fingerprint density at radius 2 is 2.05 bits per heavy atom. The lowest BCUT2D eigenvalue weighted by Gasteiger charge is -2.36. The topological polar surface area (TPSA) is 32.8 Å². The molecule has 4 nitrogen and oxygen atoms in total. The van der Waals surface area contributed by atoms with Gasteiger partial charge >= 0.3 is 6.09 Å². The van der Waals surface area contributed by atoms with E-state index in [1.807, 2.05) is 0 Å². The van der Waals surface area contributed by atoms with Crippen molar-refractivity contribution in [1.29, 1.82) is 0 Å². The maximum atomic E-state index is 12.6. The first-order chi connectivity index (χ1) is 12.7. The fourth-order valence-corrected chi connectivity index (χ4v) is 2.21. The van der Waals surface area contributed by atoms with Crippen LogP contribution in [-0.2, 0) is 4.74 Å². The Kier molecular flexibility index (Phi) is 1.91. The second kappa shape index (κ2) is 5.71. The van der Waals surface area contributed by atoms with Crippen LogP contribution in [0.3, 0.4) is 0 Å². The molecular formula is C13H19BrN2O2S. The number of ether oxygens (including phenoxy) is 1. The van der Waals surface area contributed by atoms with Crippen molar-refractivity contribution in [1.82, 2.24) is 4.90 Å². The van der Waals surface area contributed by atoms with Crippen molar-refractivity contribution < 1.29 is 23.2 Å². The Balaban J connectivity index is 2.76. The second-order valence-corrected chi connectivity index (χ2v) is 6.85. The SMILES string of the molecule is [2H]c1c(Br)sc(N2C([2H])([2H])C([2H])([2H])N(C(=O)OC(C)(C)C)C([2H])([2H])C2([2H])[2H])c1[2H]. The van der Waals surface area contributed by atoms with Gasteiger partial charge in [-0.05, 0) is 48.8 Å². The quantitative estimate of drug-likeness (QED) is 0.770. The number of hydrogen-bond acceptors (Lipinski definition) is 4. The van der Waals surface area contributed by atoms with Crippen molar-refractivity contribution in [2.24, 2.45) is 0 Å². The summed E-state index contributed by atoms with van der Waals surface area (Å²) in [5.41, 5.74) is -1.17. The Morgan fingerprint density at radius 1 is 1.42 bits per heavy atom. The molecule has 1 aliphatic rings. The van der Waals surface area contributed by atoms with Crippen LogP contribution in [0.25, 0.3) is 0 Å². The molecule has 0 atom stereocenters. The number of carbonyl (C=O) groups is 1. The molecule has 0 bridgehead atoms. The van der Waals surface area contributed by atoms with Crippen LogP contribution in [0.1, 0.15) is 34.5 Å². The van der Waals surface area contributed by atoms with E-state index in [0.717, 1.165) is 0 Å². The molecule has 2 rings (SSSR count). The second-order valence-electron chi connectivity index (χ2n) is 4.53. The summed E-state index contributed by atoms with van der Waals surface area (Å²) in [5.74, 6) is 0. The number of nitrogens with zero attached hydrogens (tertiary/aromatic N) is 2. The molecule has 0 radical (unpaired) electrons. The van der Waals surface area contributed by atoms with Crippen molar-refractivity contribution in [3.63, 3.8) is 0 Å². The zero-order valence-electron chi connectivity index (χ0n) is 20.5. The number of thiophene rings is 1. The molecule has 0 N–H and O–H groups in total. The van der Waals surface area contributed by atoms with E-state index in [1.165, 1.54) is 20.8 Å². The van der Waals surface area contributed by atoms with E-state index in [2.05, 4.69) is 15.9 Å². The number of amides is 1. The molecule has 0 spiro atoms. The highest BCUT2D eigenvalue weighted by atomic mass is 79.9. The molecule has 1 aromatic rings. The van der Waals surface area contributed by atoms with Gasteiger partial charge in [0.1, 0.15) is 5.60 Å². The average molecular weight is 357 g/mol. The summed E-state index contributed by atoms with van der Waals surface area (Å²) in [7, 11) is 0. The van der Waals surface area contributed by atoms with Gasteiger partial charge in [0, 0.05) is 26.0 Å². The normalized spacial score (nSPS) is 34.9. The average Bonchev–Trinajstić information content (AvgIpc) is 2.70. The molecule has 0 unspecified atom stereocenters. The van der Waals surface area contributed by atoms with Crippen LogP contribution in [0.15, 0.2) is 15.9 Å². The van der Waals surface area contributed by atoms with Crippen LogP contribution in [0.5, 0.6) is 0 Å². The van der Waals surface area contributed by atoms with E-state index in [9.17, 15) is 4.79 Å². The van der Waals surface area contributed by atoms with Gasteiger partial charge in [-0.3, -0.25) is 0 Å². The fourth-order valence-electron chi connectivity index (χ4n) is 1.10. The van der Waals surface area contributed by atoms with Gasteiger partial charge < -0.3 is 14.5 Å². The fraction of sp³-hybridized carbons (Fsp3) is 0.615. The Morgan fingerprint density at radius 3 is 2.53 bits per heavy atom. The van der Waals surface area contributed by atoms with Crippen LogP contribution in [-0.4, -0.2) is 42.6 Å². The molecule has 6 heteroatoms. The number of piperazine rings is 1. The molecule has 106 valence electrons. The number of halogens is 1. The van der Waals surface area contributed by atoms with Gasteiger partial charge in [0.2, 0.25) is 0 Å². The van der Waals surface area contributed by atoms with Gasteiger partial charge in [0.15, 0.2) is 0 Å². The molecule has 0 saturated carbocycles. The third-order valence-corrected chi connectivity index (χ3v) is 3.22. The highest BCUT2D eigenvalue weighted by Gasteiger charge is 2.26. The third-order valence-electron chi connectivity index (χ3n) is 1.78. The van der Waals surface area contributed by atoms with E-state index < -0.39 is 48.7 Å². The van der Waals surface area contributed by atoms with Crippen LogP contribution >= 0.6 is 27.3 Å². The van der Waals surface area contributed by atoms with Crippen LogP contribution in [0.2, 0.25) is 0 Å². The predicted octanol–water partition coefficient (Wildman–Crippen LogP) is 3.57. The van der Waals surface area contributed by atoms with Crippen molar-refractivity contribution in [2.75, 3.05) is 30.9 Å². The van der Waals surface area contributed by atoms with Crippen molar-refractivity contribution in [2.45, 2.75) is 26.4 Å². The van der Waals surface area contributed by atoms with Gasteiger partial charge in [-0.1, -0.05) is 0 Å². The minimum absolute atomic E-state index is 0.0693. The van der Waals surface area contributed by atoms with Crippen molar-refractivity contribution in [3.8, 4) is 0 Å². The first kappa shape index (κ1) is 6.35. The van der Waals surface area contributed by atoms with Crippen LogP contribution in [0.4, 0.5) is 9.80 Å². The molecule has 1 saturated heterocycles. The molecule has 1 fully saturated rings. The molecule has 1 amide bonds. The highest BCUT2D eigenvalue weighted by molar-refractivity contribution is 9.11. The zero-order chi connectivity index (χ0) is 23.0. The number of hydrogen-bond donors (Lipinski definition) is 0. The van der Waals surface area contributed by atoms with Gasteiger partial charge in [0.05, 0.1) is 22.5 Å². The lowest BCUT2D eigenvalue weighted by molar-refractivity contribution is 0.0241. The lowest BCUT2D eigenvalue weighted by atomic mass is 10.2. The van der Waals surface area contributed by atoms with Crippen molar-refractivity contribution in [3.05, 3.63) is 15.9 Å². The summed E-state index contributed by atoms with van der Waals surface area (Å²) in [4.78, 5) is 12.5. The summed E-state index contributed by atoms with van der Waals surface area (Å²) in [5, 5.41) is -0.492. The van der Waals surface area contributed by atoms with E-state index in [1.54, 1.807) is 0 Å². The predicted molar refractivity (Wildman–Crippen MR) is 82.0 cm³/mol. The number of anilines is 1. The van der Waals surface area contributed by atoms with E-state index in [0.29, 0.717) is 11.3 Å². The Bertz CT molecular complexity index is 810. The van der Waals surface area contributed by atoms with Crippen molar-refractivity contribution >= 4 is 38.4 Å². The van der Waals surface area contributed by atoms with Gasteiger partial charge in [-0.2, -0.15) is 0 Å². The standard InChI is InChI=1S/C13H19BrN2O2S/c1-13(2,3)18-12(17)16-8-6-15(7-9-16)11-5-4-10(14)19-11/h4-5H,6-9H2,1-3H3/i4D,5D,6D2,7D2,8D2,9D2. The summed E-state index contributed by atoms with van der Waals surface area (Å²) < 4.78 is 86.9. The third kappa shape index (κ3) is 4.11. The molecule has 1 aliphatic heterocycles. The molecule has 19 heavy (non-hydrogen) atoms. The molecular weight excluding hydrogens is 328 g/mol. The van der Waals surface area contributed by atoms with Crippen LogP contribution in [0, 0.1) is 0 Å². The molecule has 1 aromatic heterocycles. The minimum atomic E-state index is -3.41. The Hall–Kier alpha value is -0.750. The highest BCUT2D eigenvalue weighted by Crippen LogP contribution is 2.30. The first-order valence-electron chi connectivity index (χ1n) is 10.3. The van der Waals surface area contributed by atoms with E-state index in [4.69, 9.17) is 18.4 Å². The summed E-state index contributed by atoms with van der Waals surface area (Å²) >= 11 is 3.59. The lowest BCUT2D eigenvalue weighted by Crippen LogP contribution is -2.49. The van der Waals surface area contributed by atoms with Crippen LogP contribution < -0.4 is 4.90 Å². The number of rotatable bonds is 1. The summed E-state index contributed by atoms with van der Waals surface area (Å²) in [6, 6.07) is -0.987. The molecule has 0 aliphatic carbocycles. The maximum absolute atomic E-state index is 12.6. The molecule has 0 aromatic carbocycles. The van der Waals surface area contributed by atoms with Gasteiger partial charge in [-0.15, -0.1) is 11.3 Å². The monoisotopic (exact) mass is 356 g/mol. The zero-order valence-corrected chi connectivity index (χ0v) is 12.9. The summed E-state index contributed by atoms with van der Waals surface area (Å²) in [6.07, 6.45) is -1.57. The summed E-state index contributed by atoms with van der Waals surface area (Å²) in [6.45, 7) is -9.13. The van der Waals surface area contributed by atoms with E-state index >= 15 is 0 Å².